The predicted octanol–water partition coefficient (Wildman–Crippen LogP) is 2.29. The van der Waals surface area contributed by atoms with Crippen LogP contribution < -0.4 is 14.8 Å². The van der Waals surface area contributed by atoms with E-state index in [2.05, 4.69) is 10.2 Å². The lowest BCUT2D eigenvalue weighted by atomic mass is 10.2. The molecule has 1 aliphatic rings. The van der Waals surface area contributed by atoms with Crippen molar-refractivity contribution in [3.05, 3.63) is 54.1 Å². The monoisotopic (exact) mass is 445 g/mol. The lowest BCUT2D eigenvalue weighted by Gasteiger charge is -2.31. The summed E-state index contributed by atoms with van der Waals surface area (Å²) in [6.45, 7) is 2.36. The van der Waals surface area contributed by atoms with Crippen LogP contribution in [0.25, 0.3) is 6.08 Å². The Balaban J connectivity index is 1.63. The van der Waals surface area contributed by atoms with Gasteiger partial charge in [-0.2, -0.15) is 4.31 Å². The Morgan fingerprint density at radius 2 is 1.61 bits per heavy atom. The number of carbonyl (C=O) groups is 1. The maximum atomic E-state index is 12.8. The number of benzene rings is 2. The molecule has 1 aliphatic heterocycles. The minimum absolute atomic E-state index is 0.218. The molecule has 1 fully saturated rings. The Kier molecular flexibility index (Phi) is 7.32. The van der Waals surface area contributed by atoms with Gasteiger partial charge in [-0.3, -0.25) is 4.79 Å². The summed E-state index contributed by atoms with van der Waals surface area (Å²) < 4.78 is 37.5. The molecular weight excluding hydrogens is 418 g/mol. The predicted molar refractivity (Wildman–Crippen MR) is 120 cm³/mol. The molecule has 0 aliphatic carbocycles. The van der Waals surface area contributed by atoms with E-state index in [0.717, 1.165) is 5.56 Å². The van der Waals surface area contributed by atoms with E-state index in [1.54, 1.807) is 44.6 Å². The lowest BCUT2D eigenvalue weighted by Crippen LogP contribution is -2.46. The van der Waals surface area contributed by atoms with E-state index in [-0.39, 0.29) is 10.8 Å². The maximum absolute atomic E-state index is 12.8. The second-order valence-electron chi connectivity index (χ2n) is 7.17. The van der Waals surface area contributed by atoms with Gasteiger partial charge in [0.1, 0.15) is 0 Å². The van der Waals surface area contributed by atoms with Gasteiger partial charge in [0.25, 0.3) is 0 Å². The highest BCUT2D eigenvalue weighted by atomic mass is 32.2. The molecule has 0 saturated carbocycles. The van der Waals surface area contributed by atoms with Gasteiger partial charge in [0.2, 0.25) is 15.9 Å². The molecule has 31 heavy (non-hydrogen) atoms. The van der Waals surface area contributed by atoms with E-state index >= 15 is 0 Å². The number of carbonyl (C=O) groups excluding carboxylic acids is 1. The molecule has 2 aromatic rings. The standard InChI is InChI=1S/C22H27N3O5S/c1-24-12-14-25(15-13-24)31(27,28)19-8-6-18(7-9-19)23-22(26)11-5-17-4-10-20(29-2)21(16-17)30-3/h4-11,16H,12-15H2,1-3H3,(H,23,26)/b11-5+. The average molecular weight is 446 g/mol. The molecule has 9 heteroatoms. The van der Waals surface area contributed by atoms with Crippen LogP contribution in [-0.2, 0) is 14.8 Å². The summed E-state index contributed by atoms with van der Waals surface area (Å²) in [7, 11) is 1.55. The summed E-state index contributed by atoms with van der Waals surface area (Å²) in [5, 5.41) is 2.73. The van der Waals surface area contributed by atoms with Gasteiger partial charge in [-0.1, -0.05) is 6.07 Å². The third-order valence-electron chi connectivity index (χ3n) is 5.06. The summed E-state index contributed by atoms with van der Waals surface area (Å²) in [5.41, 5.74) is 1.29. The zero-order valence-corrected chi connectivity index (χ0v) is 18.7. The molecule has 2 aromatic carbocycles. The number of ether oxygens (including phenoxy) is 2. The number of nitrogens with zero attached hydrogens (tertiary/aromatic N) is 2. The number of nitrogens with one attached hydrogen (secondary N) is 1. The van der Waals surface area contributed by atoms with Gasteiger partial charge >= 0.3 is 0 Å². The molecule has 1 amide bonds. The Morgan fingerprint density at radius 3 is 2.23 bits per heavy atom. The lowest BCUT2D eigenvalue weighted by molar-refractivity contribution is -0.111. The molecule has 0 bridgehead atoms. The van der Waals surface area contributed by atoms with E-state index in [0.29, 0.717) is 43.4 Å². The first-order valence-corrected chi connectivity index (χ1v) is 11.3. The SMILES string of the molecule is COc1ccc(/C=C/C(=O)Nc2ccc(S(=O)(=O)N3CCN(C)CC3)cc2)cc1OC. The second kappa shape index (κ2) is 9.95. The van der Waals surface area contributed by atoms with Crippen LogP contribution in [0, 0.1) is 0 Å². The van der Waals surface area contributed by atoms with Gasteiger partial charge in [-0.15, -0.1) is 0 Å². The van der Waals surface area contributed by atoms with Gasteiger partial charge in [0.15, 0.2) is 11.5 Å². The van der Waals surface area contributed by atoms with Gasteiger partial charge in [-0.25, -0.2) is 8.42 Å². The molecule has 0 aromatic heterocycles. The second-order valence-corrected chi connectivity index (χ2v) is 9.11. The Labute approximate surface area is 183 Å². The molecule has 0 atom stereocenters. The molecular formula is C22H27N3O5S. The first-order valence-electron chi connectivity index (χ1n) is 9.83. The number of piperazine rings is 1. The molecule has 3 rings (SSSR count). The fourth-order valence-corrected chi connectivity index (χ4v) is 4.62. The summed E-state index contributed by atoms with van der Waals surface area (Å²) in [6, 6.07) is 11.5. The van der Waals surface area contributed by atoms with Crippen LogP contribution in [-0.4, -0.2) is 71.0 Å². The van der Waals surface area contributed by atoms with E-state index in [1.165, 1.54) is 22.5 Å². The van der Waals surface area contributed by atoms with E-state index in [1.807, 2.05) is 13.1 Å². The van der Waals surface area contributed by atoms with Gasteiger partial charge in [-0.05, 0) is 55.1 Å². The molecule has 1 N–H and O–H groups in total. The van der Waals surface area contributed by atoms with Gasteiger partial charge in [0, 0.05) is 37.9 Å². The summed E-state index contributed by atoms with van der Waals surface area (Å²) >= 11 is 0. The average Bonchev–Trinajstić information content (AvgIpc) is 2.78. The third kappa shape index (κ3) is 5.63. The van der Waals surface area contributed by atoms with Crippen molar-refractivity contribution in [2.24, 2.45) is 0 Å². The van der Waals surface area contributed by atoms with Crippen LogP contribution in [0.1, 0.15) is 5.56 Å². The van der Waals surface area contributed by atoms with E-state index < -0.39 is 10.0 Å². The minimum atomic E-state index is -3.53. The first kappa shape index (κ1) is 22.8. The van der Waals surface area contributed by atoms with Gasteiger partial charge in [0.05, 0.1) is 19.1 Å². The zero-order valence-electron chi connectivity index (χ0n) is 17.9. The van der Waals surface area contributed by atoms with Crippen molar-refractivity contribution in [2.75, 3.05) is 52.8 Å². The van der Waals surface area contributed by atoms with Gasteiger partial charge < -0.3 is 19.7 Å². The fourth-order valence-electron chi connectivity index (χ4n) is 3.20. The zero-order chi connectivity index (χ0) is 22.4. The van der Waals surface area contributed by atoms with Crippen molar-refractivity contribution >= 4 is 27.7 Å². The Hall–Kier alpha value is -2.88. The smallest absolute Gasteiger partial charge is 0.248 e. The van der Waals surface area contributed by atoms with Crippen molar-refractivity contribution in [3.8, 4) is 11.5 Å². The number of anilines is 1. The largest absolute Gasteiger partial charge is 0.493 e. The number of methoxy groups -OCH3 is 2. The molecule has 0 radical (unpaired) electrons. The van der Waals surface area contributed by atoms with Crippen molar-refractivity contribution in [1.29, 1.82) is 0 Å². The number of likely N-dealkylation sites (N-methyl/N-ethyl adjacent to an activating group) is 1. The van der Waals surface area contributed by atoms with Crippen molar-refractivity contribution in [3.63, 3.8) is 0 Å². The third-order valence-corrected chi connectivity index (χ3v) is 6.97. The molecule has 1 saturated heterocycles. The number of sulfonamides is 1. The van der Waals surface area contributed by atoms with Crippen LogP contribution in [0.3, 0.4) is 0 Å². The number of rotatable bonds is 7. The highest BCUT2D eigenvalue weighted by molar-refractivity contribution is 7.89. The molecule has 8 nitrogen and oxygen atoms in total. The highest BCUT2D eigenvalue weighted by Gasteiger charge is 2.27. The summed E-state index contributed by atoms with van der Waals surface area (Å²) in [5.74, 6) is 0.849. The first-order chi connectivity index (χ1) is 14.8. The van der Waals surface area contributed by atoms with Crippen LogP contribution in [0.4, 0.5) is 5.69 Å². The van der Waals surface area contributed by atoms with E-state index in [9.17, 15) is 13.2 Å². The van der Waals surface area contributed by atoms with E-state index in [4.69, 9.17) is 9.47 Å². The number of amides is 1. The maximum Gasteiger partial charge on any atom is 0.248 e. The van der Waals surface area contributed by atoms with Crippen molar-refractivity contribution in [2.45, 2.75) is 4.90 Å². The molecule has 0 spiro atoms. The fraction of sp³-hybridized carbons (Fsp3) is 0.318. The van der Waals surface area contributed by atoms with Crippen LogP contribution in [0.15, 0.2) is 53.4 Å². The summed E-state index contributed by atoms with van der Waals surface area (Å²) in [4.78, 5) is 14.6. The minimum Gasteiger partial charge on any atom is -0.493 e. The molecule has 0 unspecified atom stereocenters. The molecule has 166 valence electrons. The highest BCUT2D eigenvalue weighted by Crippen LogP contribution is 2.28. The normalized spacial score (nSPS) is 15.7. The Morgan fingerprint density at radius 1 is 0.968 bits per heavy atom. The topological polar surface area (TPSA) is 88.2 Å². The quantitative estimate of drug-likeness (QED) is 0.658. The molecule has 1 heterocycles. The summed E-state index contributed by atoms with van der Waals surface area (Å²) in [6.07, 6.45) is 3.06. The van der Waals surface area contributed by atoms with Crippen molar-refractivity contribution < 1.29 is 22.7 Å². The van der Waals surface area contributed by atoms with Crippen LogP contribution in [0.2, 0.25) is 0 Å². The number of hydrogen-bond acceptors (Lipinski definition) is 6. The van der Waals surface area contributed by atoms with Crippen molar-refractivity contribution in [1.82, 2.24) is 9.21 Å². The Bertz CT molecular complexity index is 1040. The van der Waals surface area contributed by atoms with Crippen LogP contribution >= 0.6 is 0 Å². The van der Waals surface area contributed by atoms with Crippen LogP contribution in [0.5, 0.6) is 11.5 Å². The number of hydrogen-bond donors (Lipinski definition) is 1.